The van der Waals surface area contributed by atoms with E-state index in [0.29, 0.717) is 12.0 Å². The SMILES string of the molecule is COCC(Nc1ccccc1N1CCOCC1)C(C)C. The first kappa shape index (κ1) is 15.1. The number of hydrogen-bond acceptors (Lipinski definition) is 4. The molecule has 1 fully saturated rings. The molecule has 0 radical (unpaired) electrons. The molecule has 1 aromatic carbocycles. The Kier molecular flexibility index (Phi) is 5.68. The van der Waals surface area contributed by atoms with E-state index in [1.807, 2.05) is 0 Å². The lowest BCUT2D eigenvalue weighted by Gasteiger charge is -2.32. The van der Waals surface area contributed by atoms with Gasteiger partial charge < -0.3 is 19.7 Å². The summed E-state index contributed by atoms with van der Waals surface area (Å²) in [7, 11) is 1.75. The van der Waals surface area contributed by atoms with Crippen molar-refractivity contribution in [3.63, 3.8) is 0 Å². The molecule has 0 aliphatic carbocycles. The van der Waals surface area contributed by atoms with E-state index >= 15 is 0 Å². The lowest BCUT2D eigenvalue weighted by molar-refractivity contribution is 0.122. The van der Waals surface area contributed by atoms with Crippen LogP contribution in [0.15, 0.2) is 24.3 Å². The lowest BCUT2D eigenvalue weighted by atomic mass is 10.0. The number of methoxy groups -OCH3 is 1. The van der Waals surface area contributed by atoms with Crippen molar-refractivity contribution in [3.8, 4) is 0 Å². The van der Waals surface area contributed by atoms with E-state index in [1.165, 1.54) is 11.4 Å². The topological polar surface area (TPSA) is 33.7 Å². The molecule has 4 nitrogen and oxygen atoms in total. The van der Waals surface area contributed by atoms with Crippen LogP contribution in [0, 0.1) is 5.92 Å². The van der Waals surface area contributed by atoms with Gasteiger partial charge in [-0.05, 0) is 18.1 Å². The maximum absolute atomic E-state index is 5.44. The van der Waals surface area contributed by atoms with Crippen LogP contribution in [0.4, 0.5) is 11.4 Å². The number of nitrogens with zero attached hydrogens (tertiary/aromatic N) is 1. The Bertz CT molecular complexity index is 403. The molecule has 0 amide bonds. The molecule has 1 atom stereocenters. The molecule has 4 heteroatoms. The molecule has 20 heavy (non-hydrogen) atoms. The number of rotatable bonds is 6. The zero-order chi connectivity index (χ0) is 14.4. The highest BCUT2D eigenvalue weighted by Gasteiger charge is 2.18. The van der Waals surface area contributed by atoms with Crippen LogP contribution in [-0.4, -0.2) is 46.1 Å². The van der Waals surface area contributed by atoms with Crippen molar-refractivity contribution in [2.75, 3.05) is 50.2 Å². The first-order chi connectivity index (χ1) is 9.72. The fourth-order valence-corrected chi connectivity index (χ4v) is 2.46. The highest BCUT2D eigenvalue weighted by Crippen LogP contribution is 2.27. The predicted molar refractivity (Wildman–Crippen MR) is 83.6 cm³/mol. The second kappa shape index (κ2) is 7.50. The molecule has 1 aliphatic rings. The van der Waals surface area contributed by atoms with Gasteiger partial charge in [-0.15, -0.1) is 0 Å². The van der Waals surface area contributed by atoms with Crippen molar-refractivity contribution in [1.29, 1.82) is 0 Å². The molecule has 2 rings (SSSR count). The van der Waals surface area contributed by atoms with Gasteiger partial charge in [-0.25, -0.2) is 0 Å². The minimum atomic E-state index is 0.321. The summed E-state index contributed by atoms with van der Waals surface area (Å²) < 4.78 is 10.8. The Labute approximate surface area is 122 Å². The molecule has 1 aromatic rings. The molecule has 1 saturated heterocycles. The normalized spacial score (nSPS) is 17.3. The van der Waals surface area contributed by atoms with Crippen LogP contribution in [0.3, 0.4) is 0 Å². The summed E-state index contributed by atoms with van der Waals surface area (Å²) >= 11 is 0. The van der Waals surface area contributed by atoms with Crippen molar-refractivity contribution in [3.05, 3.63) is 24.3 Å². The van der Waals surface area contributed by atoms with E-state index < -0.39 is 0 Å². The van der Waals surface area contributed by atoms with Crippen molar-refractivity contribution < 1.29 is 9.47 Å². The van der Waals surface area contributed by atoms with Gasteiger partial charge in [0.1, 0.15) is 0 Å². The van der Waals surface area contributed by atoms with Gasteiger partial charge in [0.2, 0.25) is 0 Å². The first-order valence-corrected chi connectivity index (χ1v) is 7.39. The van der Waals surface area contributed by atoms with Crippen LogP contribution in [0.25, 0.3) is 0 Å². The monoisotopic (exact) mass is 278 g/mol. The summed E-state index contributed by atoms with van der Waals surface area (Å²) in [5, 5.41) is 3.64. The first-order valence-electron chi connectivity index (χ1n) is 7.39. The number of morpholine rings is 1. The molecule has 0 saturated carbocycles. The molecule has 1 heterocycles. The summed E-state index contributed by atoms with van der Waals surface area (Å²) in [5.41, 5.74) is 2.45. The molecule has 1 N–H and O–H groups in total. The highest BCUT2D eigenvalue weighted by molar-refractivity contribution is 5.70. The molecule has 1 aliphatic heterocycles. The van der Waals surface area contributed by atoms with Crippen LogP contribution >= 0.6 is 0 Å². The smallest absolute Gasteiger partial charge is 0.0666 e. The van der Waals surface area contributed by atoms with Crippen molar-refractivity contribution in [1.82, 2.24) is 0 Å². The third-order valence-electron chi connectivity index (χ3n) is 3.75. The molecule has 0 bridgehead atoms. The van der Waals surface area contributed by atoms with Crippen molar-refractivity contribution in [2.45, 2.75) is 19.9 Å². The Balaban J connectivity index is 2.13. The summed E-state index contributed by atoms with van der Waals surface area (Å²) in [6, 6.07) is 8.82. The van der Waals surface area contributed by atoms with Gasteiger partial charge in [0.15, 0.2) is 0 Å². The largest absolute Gasteiger partial charge is 0.383 e. The zero-order valence-corrected chi connectivity index (χ0v) is 12.8. The van der Waals surface area contributed by atoms with E-state index in [1.54, 1.807) is 7.11 Å². The Morgan fingerprint density at radius 1 is 1.25 bits per heavy atom. The fourth-order valence-electron chi connectivity index (χ4n) is 2.46. The van der Waals surface area contributed by atoms with Gasteiger partial charge in [0.25, 0.3) is 0 Å². The summed E-state index contributed by atoms with van der Waals surface area (Å²) in [6.45, 7) is 8.67. The highest BCUT2D eigenvalue weighted by atomic mass is 16.5. The van der Waals surface area contributed by atoms with Gasteiger partial charge in [0, 0.05) is 20.2 Å². The molecule has 1 unspecified atom stereocenters. The zero-order valence-electron chi connectivity index (χ0n) is 12.8. The minimum absolute atomic E-state index is 0.321. The average molecular weight is 278 g/mol. The molecule has 0 spiro atoms. The summed E-state index contributed by atoms with van der Waals surface area (Å²) in [4.78, 5) is 2.38. The third-order valence-corrected chi connectivity index (χ3v) is 3.75. The number of para-hydroxylation sites is 2. The third kappa shape index (κ3) is 3.87. The van der Waals surface area contributed by atoms with Crippen LogP contribution in [-0.2, 0) is 9.47 Å². The Morgan fingerprint density at radius 2 is 1.95 bits per heavy atom. The maximum atomic E-state index is 5.44. The van der Waals surface area contributed by atoms with E-state index in [9.17, 15) is 0 Å². The van der Waals surface area contributed by atoms with E-state index in [4.69, 9.17) is 9.47 Å². The van der Waals surface area contributed by atoms with Gasteiger partial charge in [0.05, 0.1) is 37.2 Å². The lowest BCUT2D eigenvalue weighted by Crippen LogP contribution is -2.37. The molecule has 112 valence electrons. The predicted octanol–water partition coefficient (Wildman–Crippen LogP) is 2.61. The van der Waals surface area contributed by atoms with E-state index in [2.05, 4.69) is 48.3 Å². The van der Waals surface area contributed by atoms with E-state index in [-0.39, 0.29) is 0 Å². The van der Waals surface area contributed by atoms with Crippen molar-refractivity contribution in [2.24, 2.45) is 5.92 Å². The maximum Gasteiger partial charge on any atom is 0.0666 e. The van der Waals surface area contributed by atoms with Crippen LogP contribution in [0.1, 0.15) is 13.8 Å². The number of benzene rings is 1. The van der Waals surface area contributed by atoms with E-state index in [0.717, 1.165) is 32.9 Å². The molecular formula is C16H26N2O2. The van der Waals surface area contributed by atoms with Crippen molar-refractivity contribution >= 4 is 11.4 Å². The van der Waals surface area contributed by atoms with Gasteiger partial charge in [-0.2, -0.15) is 0 Å². The number of anilines is 2. The molecule has 0 aromatic heterocycles. The Hall–Kier alpha value is -1.26. The number of hydrogen-bond donors (Lipinski definition) is 1. The number of ether oxygens (including phenoxy) is 2. The second-order valence-corrected chi connectivity index (χ2v) is 5.57. The second-order valence-electron chi connectivity index (χ2n) is 5.57. The average Bonchev–Trinajstić information content (AvgIpc) is 2.48. The minimum Gasteiger partial charge on any atom is -0.383 e. The van der Waals surface area contributed by atoms with Crippen LogP contribution in [0.5, 0.6) is 0 Å². The molecular weight excluding hydrogens is 252 g/mol. The van der Waals surface area contributed by atoms with Gasteiger partial charge >= 0.3 is 0 Å². The quantitative estimate of drug-likeness (QED) is 0.867. The summed E-state index contributed by atoms with van der Waals surface area (Å²) in [6.07, 6.45) is 0. The summed E-state index contributed by atoms with van der Waals surface area (Å²) in [5.74, 6) is 0.521. The van der Waals surface area contributed by atoms with Gasteiger partial charge in [-0.3, -0.25) is 0 Å². The standard InChI is InChI=1S/C16H26N2O2/c1-13(2)15(12-19-3)17-14-6-4-5-7-16(14)18-8-10-20-11-9-18/h4-7,13,15,17H,8-12H2,1-3H3. The van der Waals surface area contributed by atoms with Gasteiger partial charge in [-0.1, -0.05) is 26.0 Å². The Morgan fingerprint density at radius 3 is 2.60 bits per heavy atom. The number of nitrogens with one attached hydrogen (secondary N) is 1. The fraction of sp³-hybridized carbons (Fsp3) is 0.625. The van der Waals surface area contributed by atoms with Crippen LogP contribution in [0.2, 0.25) is 0 Å². The van der Waals surface area contributed by atoms with Crippen LogP contribution < -0.4 is 10.2 Å².